The first-order valence-corrected chi connectivity index (χ1v) is 4.77. The summed E-state index contributed by atoms with van der Waals surface area (Å²) in [5, 5.41) is 0. The number of hydrogen-bond acceptors (Lipinski definition) is 1. The number of benzene rings is 1. The smallest absolute Gasteiger partial charge is 0.0408 e. The lowest BCUT2D eigenvalue weighted by atomic mass is 10.2. The maximum Gasteiger partial charge on any atom is 0.0408 e. The Balaban J connectivity index is 2.84. The van der Waals surface area contributed by atoms with Gasteiger partial charge in [0.05, 0.1) is 0 Å². The van der Waals surface area contributed by atoms with Crippen LogP contribution in [-0.2, 0) is 0 Å². The van der Waals surface area contributed by atoms with Gasteiger partial charge in [0.15, 0.2) is 0 Å². The highest BCUT2D eigenvalue weighted by molar-refractivity contribution is 5.53. The molecule has 0 aliphatic heterocycles. The van der Waals surface area contributed by atoms with Crippen molar-refractivity contribution >= 4 is 5.69 Å². The minimum absolute atomic E-state index is 0.997. The molecular formula is C13H17N. The minimum Gasteiger partial charge on any atom is -0.345 e. The molecule has 0 fully saturated rings. The minimum atomic E-state index is 0.997. The highest BCUT2D eigenvalue weighted by atomic mass is 15.1. The molecule has 0 aliphatic rings. The second-order valence-corrected chi connectivity index (χ2v) is 3.39. The molecule has 0 aromatic heterocycles. The average Bonchev–Trinajstić information content (AvgIpc) is 2.18. The maximum absolute atomic E-state index is 3.98. The van der Waals surface area contributed by atoms with Gasteiger partial charge in [-0.05, 0) is 32.1 Å². The Hall–Kier alpha value is -1.50. The van der Waals surface area contributed by atoms with Crippen molar-refractivity contribution in [2.75, 3.05) is 11.9 Å². The monoisotopic (exact) mass is 187 g/mol. The van der Waals surface area contributed by atoms with E-state index < -0.39 is 0 Å². The lowest BCUT2D eigenvalue weighted by molar-refractivity contribution is 1.14. The van der Waals surface area contributed by atoms with Crippen LogP contribution in [0.5, 0.6) is 0 Å². The Morgan fingerprint density at radius 2 is 1.86 bits per heavy atom. The summed E-state index contributed by atoms with van der Waals surface area (Å²) < 4.78 is 0. The third-order valence-electron chi connectivity index (χ3n) is 2.21. The van der Waals surface area contributed by atoms with Gasteiger partial charge in [-0.2, -0.15) is 0 Å². The first-order chi connectivity index (χ1) is 6.65. The van der Waals surface area contributed by atoms with E-state index in [2.05, 4.69) is 42.7 Å². The zero-order valence-corrected chi connectivity index (χ0v) is 9.12. The van der Waals surface area contributed by atoms with E-state index in [1.54, 1.807) is 0 Å². The summed E-state index contributed by atoms with van der Waals surface area (Å²) in [6.45, 7) is 8.06. The fourth-order valence-corrected chi connectivity index (χ4v) is 1.24. The molecule has 0 spiro atoms. The van der Waals surface area contributed by atoms with Crippen LogP contribution in [0.3, 0.4) is 0 Å². The highest BCUT2D eigenvalue weighted by Gasteiger charge is 2.00. The molecule has 0 aliphatic carbocycles. The molecule has 0 saturated heterocycles. The van der Waals surface area contributed by atoms with E-state index in [9.17, 15) is 0 Å². The fraction of sp³-hybridized carbons (Fsp3) is 0.231. The largest absolute Gasteiger partial charge is 0.345 e. The van der Waals surface area contributed by atoms with Crippen LogP contribution in [0, 0.1) is 6.92 Å². The molecule has 1 aromatic rings. The van der Waals surface area contributed by atoms with E-state index in [-0.39, 0.29) is 0 Å². The Labute approximate surface area is 86.4 Å². The van der Waals surface area contributed by atoms with Crippen LogP contribution in [0.25, 0.3) is 0 Å². The number of nitrogens with zero attached hydrogens (tertiary/aromatic N) is 1. The summed E-state index contributed by atoms with van der Waals surface area (Å²) in [6.07, 6.45) is 3.99. The van der Waals surface area contributed by atoms with Crippen LogP contribution in [-0.4, -0.2) is 7.05 Å². The zero-order chi connectivity index (χ0) is 10.6. The number of aryl methyl sites for hydroxylation is 1. The van der Waals surface area contributed by atoms with E-state index in [0.29, 0.717) is 0 Å². The standard InChI is InChI=1S/C13H17N/c1-5-6-12(3)14(4)13-9-7-11(2)8-10-13/h5-10H,3H2,1-2,4H3/b6-5-. The van der Waals surface area contributed by atoms with Gasteiger partial charge >= 0.3 is 0 Å². The summed E-state index contributed by atoms with van der Waals surface area (Å²) in [5.74, 6) is 0. The SMILES string of the molecule is C=C(/C=C\C)N(C)c1ccc(C)cc1. The summed E-state index contributed by atoms with van der Waals surface area (Å²) in [7, 11) is 2.02. The van der Waals surface area contributed by atoms with Crippen molar-refractivity contribution in [2.24, 2.45) is 0 Å². The number of hydrogen-bond donors (Lipinski definition) is 0. The van der Waals surface area contributed by atoms with Crippen molar-refractivity contribution < 1.29 is 0 Å². The van der Waals surface area contributed by atoms with E-state index >= 15 is 0 Å². The number of likely N-dealkylation sites (N-methyl/N-ethyl adjacent to an activating group) is 1. The third-order valence-corrected chi connectivity index (χ3v) is 2.21. The van der Waals surface area contributed by atoms with Crippen molar-refractivity contribution in [1.82, 2.24) is 0 Å². The third kappa shape index (κ3) is 2.49. The summed E-state index contributed by atoms with van der Waals surface area (Å²) >= 11 is 0. The quantitative estimate of drug-likeness (QED) is 0.654. The molecule has 1 aromatic carbocycles. The molecule has 1 nitrogen and oxygen atoms in total. The molecule has 0 radical (unpaired) electrons. The van der Waals surface area contributed by atoms with E-state index in [4.69, 9.17) is 0 Å². The molecule has 0 unspecified atom stereocenters. The van der Waals surface area contributed by atoms with Crippen LogP contribution >= 0.6 is 0 Å². The molecular weight excluding hydrogens is 170 g/mol. The predicted molar refractivity (Wildman–Crippen MR) is 63.5 cm³/mol. The van der Waals surface area contributed by atoms with Crippen LogP contribution in [0.1, 0.15) is 12.5 Å². The average molecular weight is 187 g/mol. The Bertz CT molecular complexity index is 333. The number of rotatable bonds is 3. The Morgan fingerprint density at radius 3 is 2.36 bits per heavy atom. The molecule has 74 valence electrons. The number of allylic oxidation sites excluding steroid dienone is 2. The van der Waals surface area contributed by atoms with E-state index in [1.165, 1.54) is 11.3 Å². The van der Waals surface area contributed by atoms with Crippen molar-refractivity contribution in [3.05, 3.63) is 54.3 Å². The van der Waals surface area contributed by atoms with Gasteiger partial charge in [0.25, 0.3) is 0 Å². The summed E-state index contributed by atoms with van der Waals surface area (Å²) in [6, 6.07) is 8.41. The van der Waals surface area contributed by atoms with Gasteiger partial charge in [0, 0.05) is 18.4 Å². The first-order valence-electron chi connectivity index (χ1n) is 4.77. The van der Waals surface area contributed by atoms with Gasteiger partial charge < -0.3 is 4.90 Å². The van der Waals surface area contributed by atoms with Gasteiger partial charge in [-0.3, -0.25) is 0 Å². The topological polar surface area (TPSA) is 3.24 Å². The van der Waals surface area contributed by atoms with Crippen LogP contribution in [0.2, 0.25) is 0 Å². The molecule has 1 heteroatoms. The van der Waals surface area contributed by atoms with Crippen LogP contribution < -0.4 is 4.90 Å². The fourth-order valence-electron chi connectivity index (χ4n) is 1.24. The van der Waals surface area contributed by atoms with E-state index in [0.717, 1.165) is 5.70 Å². The molecule has 0 bridgehead atoms. The molecule has 1 rings (SSSR count). The first kappa shape index (κ1) is 10.6. The Morgan fingerprint density at radius 1 is 1.29 bits per heavy atom. The van der Waals surface area contributed by atoms with Gasteiger partial charge in [-0.1, -0.05) is 30.4 Å². The molecule has 14 heavy (non-hydrogen) atoms. The van der Waals surface area contributed by atoms with Crippen molar-refractivity contribution in [3.8, 4) is 0 Å². The number of anilines is 1. The highest BCUT2D eigenvalue weighted by Crippen LogP contribution is 2.17. The summed E-state index contributed by atoms with van der Waals surface area (Å²) in [4.78, 5) is 2.07. The predicted octanol–water partition coefficient (Wildman–Crippen LogP) is 3.52. The molecule has 0 saturated carbocycles. The van der Waals surface area contributed by atoms with Crippen LogP contribution in [0.15, 0.2) is 48.7 Å². The zero-order valence-electron chi connectivity index (χ0n) is 9.12. The van der Waals surface area contributed by atoms with Crippen molar-refractivity contribution in [1.29, 1.82) is 0 Å². The second-order valence-electron chi connectivity index (χ2n) is 3.39. The van der Waals surface area contributed by atoms with Crippen LogP contribution in [0.4, 0.5) is 5.69 Å². The van der Waals surface area contributed by atoms with Gasteiger partial charge in [0.2, 0.25) is 0 Å². The van der Waals surface area contributed by atoms with Gasteiger partial charge in [-0.25, -0.2) is 0 Å². The van der Waals surface area contributed by atoms with E-state index in [1.807, 2.05) is 26.1 Å². The van der Waals surface area contributed by atoms with Gasteiger partial charge in [-0.15, -0.1) is 0 Å². The lowest BCUT2D eigenvalue weighted by Crippen LogP contribution is -2.13. The lowest BCUT2D eigenvalue weighted by Gasteiger charge is -2.19. The molecule has 0 atom stereocenters. The van der Waals surface area contributed by atoms with Crippen molar-refractivity contribution in [2.45, 2.75) is 13.8 Å². The van der Waals surface area contributed by atoms with Gasteiger partial charge in [0.1, 0.15) is 0 Å². The molecule has 0 amide bonds. The second kappa shape index (κ2) is 4.66. The Kier molecular flexibility index (Phi) is 3.52. The maximum atomic E-state index is 3.98. The molecule has 0 heterocycles. The van der Waals surface area contributed by atoms with Crippen molar-refractivity contribution in [3.63, 3.8) is 0 Å². The molecule has 0 N–H and O–H groups in total. The normalized spacial score (nSPS) is 10.5. The summed E-state index contributed by atoms with van der Waals surface area (Å²) in [5.41, 5.74) is 3.44.